The Hall–Kier alpha value is -4.28. The minimum Gasteiger partial charge on any atom is -0.508 e. The molecule has 2 aliphatic heterocycles. The average Bonchev–Trinajstić information content (AvgIpc) is 1.66. The summed E-state index contributed by atoms with van der Waals surface area (Å²) in [6, 6.07) is 8.89. The standard InChI is InChI=1S/C68H93N5O10S2/c1-37-12-13-40-16-19-48-38(2)27-55(77)65(3,81)62-42(9-7-8-41(29-50(48)49(40)26-37)51-34-83-63(80)56(51)43-21-24-71-32-43)30-68(82)58-53(20-22-66(62,68)23-25-72-64(69)70)67(45-10-5-4-6-11-45)31-54(76)60(78)52-36-85-84-35-44(39-14-17-46(74)18-15-39)28-47(75)33-73-59(58)61(79)57(52)67/h14-18,21,24,32,37-38,41-42,44-45,48-57,60,62,71,73-74,76-78,81-82H,4-6,9-13,19-20,22-23,25-31,33-36H2,1-3H3,(H4,69,70,72). The van der Waals surface area contributed by atoms with E-state index in [1.807, 2.05) is 30.6 Å². The normalized spacial score (nSPS) is 43.5. The quantitative estimate of drug-likeness (QED) is 0.0311. The number of cyclic esters (lactones) is 1. The number of rotatable bonds is 7. The van der Waals surface area contributed by atoms with E-state index in [1.54, 1.807) is 40.6 Å². The summed E-state index contributed by atoms with van der Waals surface area (Å²) in [7, 11) is 3.16. The molecule has 2 saturated heterocycles. The first-order chi connectivity index (χ1) is 40.8. The molecule has 3 heterocycles. The zero-order valence-electron chi connectivity index (χ0n) is 50.0. The number of aliphatic imine (C=N–C) groups is 1. The molecule has 5 saturated carbocycles. The SMILES string of the molecule is CC1CCC2=CCC3C(C)CC(O)C(C)(O)C4C(CC#CC(C5COC(=O)C5c5cc[nH]c5)CC3C2C1)CC1(O)C2=C3NCC(=O)CC(c5ccc(O)cc5)CSSCC5C(O)C(O)CC(C6CCCCC6)(C2CCC41CCN=C(N)N)C5C3=O. The van der Waals surface area contributed by atoms with Gasteiger partial charge >= 0.3 is 5.97 Å². The number of aromatic amines is 1. The fourth-order valence-electron chi connectivity index (χ4n) is 20.6. The molecular formula is C68H93N5O10S2. The zero-order valence-corrected chi connectivity index (χ0v) is 51.6. The van der Waals surface area contributed by atoms with Gasteiger partial charge in [-0.3, -0.25) is 19.4 Å². The number of aliphatic hydroxyl groups excluding tert-OH is 3. The van der Waals surface area contributed by atoms with Crippen LogP contribution in [0.1, 0.15) is 159 Å². The van der Waals surface area contributed by atoms with Gasteiger partial charge in [0.15, 0.2) is 17.5 Å². The number of ketones is 2. The average molecular weight is 1200 g/mol. The third-order valence-electron chi connectivity index (χ3n) is 24.3. The Morgan fingerprint density at radius 1 is 0.894 bits per heavy atom. The topological polar surface area (TPSA) is 274 Å². The van der Waals surface area contributed by atoms with Gasteiger partial charge < -0.3 is 57.1 Å². The Labute approximate surface area is 510 Å². The highest BCUT2D eigenvalue weighted by molar-refractivity contribution is 8.76. The van der Waals surface area contributed by atoms with Gasteiger partial charge in [0.25, 0.3) is 0 Å². The molecule has 462 valence electrons. The molecule has 1 aromatic heterocycles. The van der Waals surface area contributed by atoms with Gasteiger partial charge in [-0.25, -0.2) is 0 Å². The van der Waals surface area contributed by atoms with Crippen molar-refractivity contribution in [2.45, 2.75) is 178 Å². The molecule has 10 aliphatic rings. The van der Waals surface area contributed by atoms with E-state index < -0.39 is 75.9 Å². The number of nitrogens with one attached hydrogen (secondary N) is 2. The maximum Gasteiger partial charge on any atom is 0.313 e. The monoisotopic (exact) mass is 1200 g/mol. The number of aliphatic hydroxyl groups is 5. The first-order valence-electron chi connectivity index (χ1n) is 32.4. The first kappa shape index (κ1) is 61.0. The fraction of sp³-hybridized carbons (Fsp3) is 0.706. The van der Waals surface area contributed by atoms with Crippen molar-refractivity contribution < 1.29 is 49.8 Å². The van der Waals surface area contributed by atoms with Gasteiger partial charge in [0.05, 0.1) is 54.3 Å². The summed E-state index contributed by atoms with van der Waals surface area (Å²) in [4.78, 5) is 53.0. The van der Waals surface area contributed by atoms with Crippen molar-refractivity contribution in [3.63, 3.8) is 0 Å². The van der Waals surface area contributed by atoms with Crippen LogP contribution >= 0.6 is 21.6 Å². The van der Waals surface area contributed by atoms with E-state index in [1.165, 1.54) is 5.57 Å². The number of aromatic hydroxyl groups is 1. The molecule has 21 unspecified atom stereocenters. The highest BCUT2D eigenvalue weighted by Gasteiger charge is 2.76. The number of carbonyl (C=O) groups excluding carboxylic acids is 3. The van der Waals surface area contributed by atoms with Crippen LogP contribution in [0.4, 0.5) is 0 Å². The van der Waals surface area contributed by atoms with Crippen molar-refractivity contribution in [2.75, 3.05) is 31.2 Å². The summed E-state index contributed by atoms with van der Waals surface area (Å²) >= 11 is 0. The molecule has 21 atom stereocenters. The Morgan fingerprint density at radius 3 is 2.42 bits per heavy atom. The van der Waals surface area contributed by atoms with Crippen LogP contribution in [0.15, 0.2) is 70.6 Å². The molecule has 0 amide bonds. The summed E-state index contributed by atoms with van der Waals surface area (Å²) in [5, 5.41) is 80.8. The van der Waals surface area contributed by atoms with E-state index in [4.69, 9.17) is 16.2 Å². The van der Waals surface area contributed by atoms with Crippen molar-refractivity contribution in [1.29, 1.82) is 0 Å². The van der Waals surface area contributed by atoms with E-state index in [0.717, 1.165) is 75.3 Å². The Bertz CT molecular complexity index is 2970. The first-order valence-corrected chi connectivity index (χ1v) is 34.8. The lowest BCUT2D eigenvalue weighted by molar-refractivity contribution is -0.205. The number of benzene rings is 1. The van der Waals surface area contributed by atoms with Crippen molar-refractivity contribution in [3.8, 4) is 17.6 Å². The molecule has 12 rings (SSSR count). The number of Topliss-reactive ketones (excluding diaryl/α,β-unsaturated/α-hetero) is 2. The molecule has 15 nitrogen and oxygen atoms in total. The molecule has 0 spiro atoms. The summed E-state index contributed by atoms with van der Waals surface area (Å²) in [5.41, 5.74) is 10.4. The second kappa shape index (κ2) is 24.3. The Kier molecular flexibility index (Phi) is 17.4. The molecule has 85 heavy (non-hydrogen) atoms. The second-order valence-electron chi connectivity index (χ2n) is 28.6. The van der Waals surface area contributed by atoms with Crippen molar-refractivity contribution in [2.24, 2.45) is 104 Å². The highest BCUT2D eigenvalue weighted by atomic mass is 33.1. The predicted molar refractivity (Wildman–Crippen MR) is 330 cm³/mol. The number of allylic oxidation sites excluding steroid dienone is 3. The van der Waals surface area contributed by atoms with Gasteiger partial charge in [-0.2, -0.15) is 0 Å². The summed E-state index contributed by atoms with van der Waals surface area (Å²) in [5.74, 6) is 4.61. The van der Waals surface area contributed by atoms with E-state index >= 15 is 9.90 Å². The van der Waals surface area contributed by atoms with Crippen molar-refractivity contribution in [3.05, 3.63) is 76.8 Å². The van der Waals surface area contributed by atoms with E-state index in [9.17, 15) is 35.1 Å². The summed E-state index contributed by atoms with van der Waals surface area (Å²) in [6.07, 6.45) is 14.0. The number of hydrogen-bond donors (Lipinski definition) is 10. The van der Waals surface area contributed by atoms with Gasteiger partial charge in [-0.05, 0) is 178 Å². The molecule has 17 heteroatoms. The molecule has 2 bridgehead atoms. The number of carbonyl (C=O) groups is 3. The number of aromatic nitrogens is 1. The van der Waals surface area contributed by atoms with Crippen LogP contribution in [0.3, 0.4) is 0 Å². The number of nitrogens with zero attached hydrogens (tertiary/aromatic N) is 1. The lowest BCUT2D eigenvalue weighted by atomic mass is 9.39. The number of H-pyrrole nitrogens is 1. The number of nitrogens with two attached hydrogens (primary N) is 2. The number of ether oxygens (including phenoxy) is 1. The van der Waals surface area contributed by atoms with Crippen LogP contribution in [0, 0.1) is 99.6 Å². The molecule has 12 N–H and O–H groups in total. The van der Waals surface area contributed by atoms with Crippen LogP contribution in [0.25, 0.3) is 0 Å². The van der Waals surface area contributed by atoms with Gasteiger partial charge in [0, 0.05) is 84.2 Å². The third kappa shape index (κ3) is 10.7. The van der Waals surface area contributed by atoms with Crippen LogP contribution in [0.5, 0.6) is 5.75 Å². The molecule has 8 aliphatic carbocycles. The molecule has 0 radical (unpaired) electrons. The van der Waals surface area contributed by atoms with Gasteiger partial charge in [0.2, 0.25) is 0 Å². The largest absolute Gasteiger partial charge is 0.508 e. The Morgan fingerprint density at radius 2 is 1.67 bits per heavy atom. The lowest BCUT2D eigenvalue weighted by Gasteiger charge is -2.66. The van der Waals surface area contributed by atoms with E-state index in [-0.39, 0.29) is 128 Å². The number of fused-ring (bicyclic) bond motifs is 10. The second-order valence-corrected chi connectivity index (χ2v) is 31.2. The van der Waals surface area contributed by atoms with Crippen LogP contribution in [0.2, 0.25) is 0 Å². The van der Waals surface area contributed by atoms with Crippen molar-refractivity contribution >= 4 is 45.1 Å². The smallest absolute Gasteiger partial charge is 0.313 e. The minimum absolute atomic E-state index is 0.0198. The zero-order chi connectivity index (χ0) is 59.7. The lowest BCUT2D eigenvalue weighted by Crippen LogP contribution is -2.69. The third-order valence-corrected chi connectivity index (χ3v) is 26.8. The van der Waals surface area contributed by atoms with Crippen LogP contribution < -0.4 is 16.8 Å². The number of phenols is 1. The summed E-state index contributed by atoms with van der Waals surface area (Å²) in [6.45, 7) is 6.45. The highest BCUT2D eigenvalue weighted by Crippen LogP contribution is 2.74. The number of phenolic OH excluding ortho intramolecular Hbond substituents is 1. The predicted octanol–water partition coefficient (Wildman–Crippen LogP) is 8.44. The number of esters is 1. The van der Waals surface area contributed by atoms with E-state index in [2.05, 4.69) is 47.1 Å². The summed E-state index contributed by atoms with van der Waals surface area (Å²) < 4.78 is 6.00. The van der Waals surface area contributed by atoms with Gasteiger partial charge in [-0.15, -0.1) is 5.92 Å². The molecule has 7 fully saturated rings. The van der Waals surface area contributed by atoms with Gasteiger partial charge in [0.1, 0.15) is 5.75 Å². The minimum atomic E-state index is -1.87. The number of hydrogen-bond acceptors (Lipinski definition) is 14. The van der Waals surface area contributed by atoms with Crippen LogP contribution in [-0.2, 0) is 19.1 Å². The fourth-order valence-corrected chi connectivity index (χ4v) is 23.4. The van der Waals surface area contributed by atoms with E-state index in [0.29, 0.717) is 48.2 Å². The molecular weight excluding hydrogens is 1110 g/mol. The maximum atomic E-state index is 16.6. The van der Waals surface area contributed by atoms with Crippen molar-refractivity contribution in [1.82, 2.24) is 10.3 Å². The molecule has 2 aromatic rings. The number of guanidine groups is 1. The van der Waals surface area contributed by atoms with Crippen LogP contribution in [-0.4, -0.2) is 120 Å². The maximum absolute atomic E-state index is 16.6. The Balaban J connectivity index is 1.03. The van der Waals surface area contributed by atoms with Gasteiger partial charge in [-0.1, -0.05) is 84.4 Å². The molecule has 1 aromatic carbocycles.